The van der Waals surface area contributed by atoms with Gasteiger partial charge in [0.2, 0.25) is 5.60 Å². The predicted octanol–water partition coefficient (Wildman–Crippen LogP) is 1.87. The molecule has 0 saturated carbocycles. The summed E-state index contributed by atoms with van der Waals surface area (Å²) in [5.41, 5.74) is 0.893. The molecule has 4 aromatic rings. The summed E-state index contributed by atoms with van der Waals surface area (Å²) in [4.78, 5) is 31.3. The molecule has 1 aliphatic rings. The number of hydrogen-bond acceptors (Lipinski definition) is 10. The molecule has 0 aromatic carbocycles. The van der Waals surface area contributed by atoms with E-state index in [0.29, 0.717) is 46.7 Å². The van der Waals surface area contributed by atoms with E-state index >= 15 is 0 Å². The molecule has 0 unspecified atom stereocenters. The average molecular weight is 459 g/mol. The summed E-state index contributed by atoms with van der Waals surface area (Å²) in [5.74, 6) is 0.720. The summed E-state index contributed by atoms with van der Waals surface area (Å²) < 4.78 is 5.33. The molecule has 0 aliphatic carbocycles. The van der Waals surface area contributed by atoms with Gasteiger partial charge >= 0.3 is 0 Å². The van der Waals surface area contributed by atoms with E-state index in [-0.39, 0.29) is 18.8 Å². The molecule has 172 valence electrons. The van der Waals surface area contributed by atoms with E-state index in [4.69, 9.17) is 9.63 Å². The molecule has 11 nitrogen and oxygen atoms in total. The molecule has 4 aromatic heterocycles. The molecule has 5 heterocycles. The normalized spacial score (nSPS) is 17.9. The van der Waals surface area contributed by atoms with Crippen molar-refractivity contribution in [2.24, 2.45) is 0 Å². The highest BCUT2D eigenvalue weighted by atomic mass is 16.5. The number of amides is 1. The molecule has 1 atom stereocenters. The van der Waals surface area contributed by atoms with Crippen LogP contribution in [0.5, 0.6) is 0 Å². The summed E-state index contributed by atoms with van der Waals surface area (Å²) in [5, 5.41) is 27.0. The fourth-order valence-electron chi connectivity index (χ4n) is 3.67. The van der Waals surface area contributed by atoms with Crippen molar-refractivity contribution in [3.8, 4) is 22.8 Å². The van der Waals surface area contributed by atoms with Crippen LogP contribution in [-0.4, -0.2) is 59.7 Å². The summed E-state index contributed by atoms with van der Waals surface area (Å²) in [6.45, 7) is 0.259. The first-order valence-corrected chi connectivity index (χ1v) is 10.5. The summed E-state index contributed by atoms with van der Waals surface area (Å²) in [7, 11) is 1.63. The van der Waals surface area contributed by atoms with Crippen molar-refractivity contribution < 1.29 is 19.5 Å². The lowest BCUT2D eigenvalue weighted by Gasteiger charge is -2.16. The third kappa shape index (κ3) is 3.98. The topological polar surface area (TPSA) is 150 Å². The third-order valence-electron chi connectivity index (χ3n) is 5.57. The molecule has 0 spiro atoms. The van der Waals surface area contributed by atoms with Crippen molar-refractivity contribution in [3.63, 3.8) is 0 Å². The summed E-state index contributed by atoms with van der Waals surface area (Å²) >= 11 is 0. The maximum atomic E-state index is 12.3. The molecule has 1 saturated heterocycles. The second-order valence-electron chi connectivity index (χ2n) is 7.91. The number of aromatic nitrogens is 5. The fourth-order valence-corrected chi connectivity index (χ4v) is 3.67. The lowest BCUT2D eigenvalue weighted by atomic mass is 9.98. The standard InChI is InChI=1S/C23H21N7O4/c1-30-9-8-23(33,22(30)32)19-10-18(29-34-19)17-5-2-4-15(26-17)16-6-3-7-20(27-16)28-21-12-24-14(13-31)11-25-21/h2-7,10-12,31,33H,8-9,13H2,1H3,(H,25,27,28)/t23-/m1/s1. The van der Waals surface area contributed by atoms with E-state index in [2.05, 4.69) is 30.4 Å². The Morgan fingerprint density at radius 3 is 2.44 bits per heavy atom. The smallest absolute Gasteiger partial charge is 0.262 e. The first-order valence-electron chi connectivity index (χ1n) is 10.5. The second-order valence-corrected chi connectivity index (χ2v) is 7.91. The molecule has 5 rings (SSSR count). The molecule has 0 radical (unpaired) electrons. The number of rotatable bonds is 6. The molecule has 3 N–H and O–H groups in total. The number of carbonyl (C=O) groups is 1. The largest absolute Gasteiger partial charge is 0.390 e. The third-order valence-corrected chi connectivity index (χ3v) is 5.57. The molecular weight excluding hydrogens is 438 g/mol. The van der Waals surface area contributed by atoms with Crippen molar-refractivity contribution in [2.75, 3.05) is 18.9 Å². The zero-order chi connectivity index (χ0) is 23.7. The average Bonchev–Trinajstić information content (AvgIpc) is 3.47. The lowest BCUT2D eigenvalue weighted by molar-refractivity contribution is -0.144. The molecule has 1 aliphatic heterocycles. The van der Waals surface area contributed by atoms with Gasteiger partial charge in [-0.05, 0) is 24.3 Å². The quantitative estimate of drug-likeness (QED) is 0.390. The number of anilines is 2. The van der Waals surface area contributed by atoms with Crippen LogP contribution in [-0.2, 0) is 17.0 Å². The van der Waals surface area contributed by atoms with E-state index in [1.54, 1.807) is 25.2 Å². The van der Waals surface area contributed by atoms with Gasteiger partial charge in [-0.1, -0.05) is 17.3 Å². The van der Waals surface area contributed by atoms with Crippen molar-refractivity contribution in [1.82, 2.24) is 30.0 Å². The molecule has 1 amide bonds. The molecule has 34 heavy (non-hydrogen) atoms. The van der Waals surface area contributed by atoms with Crippen LogP contribution in [0.15, 0.2) is 59.4 Å². The highest BCUT2D eigenvalue weighted by Gasteiger charge is 2.48. The van der Waals surface area contributed by atoms with Gasteiger partial charge in [-0.25, -0.2) is 15.0 Å². The minimum atomic E-state index is -1.71. The van der Waals surface area contributed by atoms with E-state index < -0.39 is 11.5 Å². The monoisotopic (exact) mass is 459 g/mol. The van der Waals surface area contributed by atoms with E-state index in [0.717, 1.165) is 0 Å². The number of likely N-dealkylation sites (N-methyl/N-ethyl adjacent to an activating group) is 1. The van der Waals surface area contributed by atoms with Crippen LogP contribution in [0.4, 0.5) is 11.6 Å². The van der Waals surface area contributed by atoms with Crippen LogP contribution in [0.1, 0.15) is 17.9 Å². The first kappa shape index (κ1) is 21.6. The Morgan fingerprint density at radius 2 is 1.76 bits per heavy atom. The van der Waals surface area contributed by atoms with Gasteiger partial charge < -0.3 is 25.0 Å². The van der Waals surface area contributed by atoms with Crippen LogP contribution >= 0.6 is 0 Å². The number of carbonyl (C=O) groups excluding carboxylic acids is 1. The Labute approximate surface area is 194 Å². The Morgan fingerprint density at radius 1 is 1.03 bits per heavy atom. The number of aliphatic hydroxyl groups is 2. The zero-order valence-electron chi connectivity index (χ0n) is 18.2. The molecule has 0 bridgehead atoms. The SMILES string of the molecule is CN1CC[C@@](O)(c2cc(-c3cccc(-c4cccc(Nc5cnc(CO)cn5)n4)n3)no2)C1=O. The molecule has 11 heteroatoms. The van der Waals surface area contributed by atoms with E-state index in [1.165, 1.54) is 17.3 Å². The summed E-state index contributed by atoms with van der Waals surface area (Å²) in [6.07, 6.45) is 3.24. The fraction of sp³-hybridized carbons (Fsp3) is 0.217. The van der Waals surface area contributed by atoms with Gasteiger partial charge in [0.1, 0.15) is 17.3 Å². The Balaban J connectivity index is 1.39. The maximum absolute atomic E-state index is 12.3. The van der Waals surface area contributed by atoms with Crippen LogP contribution in [0.25, 0.3) is 22.8 Å². The number of hydrogen-bond donors (Lipinski definition) is 3. The van der Waals surface area contributed by atoms with Crippen molar-refractivity contribution in [3.05, 3.63) is 66.3 Å². The lowest BCUT2D eigenvalue weighted by Crippen LogP contribution is -2.35. The number of nitrogens with zero attached hydrogens (tertiary/aromatic N) is 6. The number of aliphatic hydroxyl groups excluding tert-OH is 1. The first-order chi connectivity index (χ1) is 16.5. The minimum absolute atomic E-state index is 0.0988. The van der Waals surface area contributed by atoms with Gasteiger partial charge in [-0.3, -0.25) is 9.78 Å². The van der Waals surface area contributed by atoms with Gasteiger partial charge in [0.25, 0.3) is 5.91 Å². The Kier molecular flexibility index (Phi) is 5.48. The maximum Gasteiger partial charge on any atom is 0.262 e. The van der Waals surface area contributed by atoms with Gasteiger partial charge in [0.05, 0.1) is 41.8 Å². The predicted molar refractivity (Wildman–Crippen MR) is 120 cm³/mol. The van der Waals surface area contributed by atoms with Crippen LogP contribution in [0.2, 0.25) is 0 Å². The zero-order valence-corrected chi connectivity index (χ0v) is 18.2. The van der Waals surface area contributed by atoms with E-state index in [1.807, 2.05) is 24.3 Å². The highest BCUT2D eigenvalue weighted by molar-refractivity contribution is 5.87. The number of likely N-dealkylation sites (tertiary alicyclic amines) is 1. The summed E-state index contributed by atoms with van der Waals surface area (Å²) in [6, 6.07) is 12.4. The highest BCUT2D eigenvalue weighted by Crippen LogP contribution is 2.34. The molecule has 1 fully saturated rings. The van der Waals surface area contributed by atoms with Crippen molar-refractivity contribution >= 4 is 17.5 Å². The van der Waals surface area contributed by atoms with Crippen molar-refractivity contribution in [1.29, 1.82) is 0 Å². The number of nitrogens with one attached hydrogen (secondary N) is 1. The number of pyridine rings is 2. The van der Waals surface area contributed by atoms with Gasteiger partial charge in [-0.2, -0.15) is 0 Å². The Bertz CT molecular complexity index is 1340. The van der Waals surface area contributed by atoms with Gasteiger partial charge in [0, 0.05) is 26.1 Å². The van der Waals surface area contributed by atoms with E-state index in [9.17, 15) is 9.90 Å². The molecular formula is C23H21N7O4. The van der Waals surface area contributed by atoms with Crippen LogP contribution < -0.4 is 5.32 Å². The van der Waals surface area contributed by atoms with Crippen molar-refractivity contribution in [2.45, 2.75) is 18.6 Å². The second kappa shape index (κ2) is 8.61. The van der Waals surface area contributed by atoms with Gasteiger partial charge in [-0.15, -0.1) is 0 Å². The van der Waals surface area contributed by atoms with Crippen LogP contribution in [0.3, 0.4) is 0 Å². The Hall–Kier alpha value is -4.22. The van der Waals surface area contributed by atoms with Gasteiger partial charge in [0.15, 0.2) is 5.76 Å². The minimum Gasteiger partial charge on any atom is -0.390 e. The van der Waals surface area contributed by atoms with Crippen LogP contribution in [0, 0.1) is 0 Å².